The third-order valence-corrected chi connectivity index (χ3v) is 7.31. The molecule has 1 saturated heterocycles. The maximum Gasteiger partial charge on any atom is 0.322 e. The normalized spacial score (nSPS) is 22.7. The van der Waals surface area contributed by atoms with E-state index in [1.165, 1.54) is 11.8 Å². The Hall–Kier alpha value is -3.20. The number of urea groups is 1. The van der Waals surface area contributed by atoms with Crippen molar-refractivity contribution in [2.45, 2.75) is 48.8 Å². The lowest BCUT2D eigenvalue weighted by Crippen LogP contribution is -2.46. The molecule has 2 heterocycles. The number of carbonyl (C=O) groups is 3. The van der Waals surface area contributed by atoms with Crippen molar-refractivity contribution in [3.8, 4) is 11.5 Å². The summed E-state index contributed by atoms with van der Waals surface area (Å²) in [7, 11) is 0. The minimum atomic E-state index is -1.03. The molecule has 1 unspecified atom stereocenters. The molecular weight excluding hydrogens is 430 g/mol. The Morgan fingerprint density at radius 1 is 1.09 bits per heavy atom. The predicted octanol–water partition coefficient (Wildman–Crippen LogP) is 3.67. The summed E-state index contributed by atoms with van der Waals surface area (Å²) < 4.78 is 12.1. The molecule has 0 aromatic heterocycles. The van der Waals surface area contributed by atoms with Crippen molar-refractivity contribution in [1.82, 2.24) is 10.6 Å². The second kappa shape index (κ2) is 7.74. The van der Waals surface area contributed by atoms with Gasteiger partial charge >= 0.3 is 6.03 Å². The van der Waals surface area contributed by atoms with E-state index in [0.29, 0.717) is 33.4 Å². The van der Waals surface area contributed by atoms with Crippen LogP contribution >= 0.6 is 11.8 Å². The number of ether oxygens (including phenoxy) is 2. The first-order valence-electron chi connectivity index (χ1n) is 10.5. The Morgan fingerprint density at radius 3 is 2.59 bits per heavy atom. The van der Waals surface area contributed by atoms with E-state index < -0.39 is 17.4 Å². The van der Waals surface area contributed by atoms with E-state index in [9.17, 15) is 14.4 Å². The van der Waals surface area contributed by atoms with Gasteiger partial charge in [0.1, 0.15) is 5.54 Å². The first kappa shape index (κ1) is 20.7. The van der Waals surface area contributed by atoms with Gasteiger partial charge in [-0.1, -0.05) is 12.1 Å². The summed E-state index contributed by atoms with van der Waals surface area (Å²) in [5.74, 6) is 0.437. The Balaban J connectivity index is 1.29. The zero-order valence-electron chi connectivity index (χ0n) is 17.5. The van der Waals surface area contributed by atoms with Crippen LogP contribution in [0.4, 0.5) is 10.5 Å². The van der Waals surface area contributed by atoms with Gasteiger partial charge in [0.2, 0.25) is 0 Å². The lowest BCUT2D eigenvalue weighted by Gasteiger charge is -2.21. The van der Waals surface area contributed by atoms with Crippen molar-refractivity contribution in [3.05, 3.63) is 48.0 Å². The molecule has 32 heavy (non-hydrogen) atoms. The largest absolute Gasteiger partial charge is 0.448 e. The van der Waals surface area contributed by atoms with Crippen LogP contribution in [0.1, 0.15) is 43.0 Å². The SMILES string of the molecule is CC1(CSc2ccccc2C(=O)Nc2ccc3c(c2)OC2(CCCC2)O3)NC(=O)NC1=O. The van der Waals surface area contributed by atoms with Gasteiger partial charge in [-0.15, -0.1) is 11.8 Å². The van der Waals surface area contributed by atoms with Gasteiger partial charge in [0.15, 0.2) is 11.5 Å². The Kier molecular flexibility index (Phi) is 5.00. The number of carbonyl (C=O) groups excluding carboxylic acids is 3. The second-order valence-corrected chi connectivity index (χ2v) is 9.48. The minimum Gasteiger partial charge on any atom is -0.448 e. The van der Waals surface area contributed by atoms with Crippen LogP contribution in [0.3, 0.4) is 0 Å². The molecule has 0 bridgehead atoms. The van der Waals surface area contributed by atoms with Crippen LogP contribution < -0.4 is 25.4 Å². The topological polar surface area (TPSA) is 106 Å². The summed E-state index contributed by atoms with van der Waals surface area (Å²) in [4.78, 5) is 37.3. The molecular formula is C23H23N3O5S. The molecule has 2 aliphatic heterocycles. The standard InChI is InChI=1S/C23H23N3O5S/c1-22(20(28)25-21(29)26-22)13-32-18-7-3-2-6-15(18)19(27)24-14-8-9-16-17(12-14)31-23(30-16)10-4-5-11-23/h2-3,6-9,12H,4-5,10-11,13H2,1H3,(H,24,27)(H2,25,26,28,29). The van der Waals surface area contributed by atoms with E-state index >= 15 is 0 Å². The molecule has 0 radical (unpaired) electrons. The van der Waals surface area contributed by atoms with Crippen LogP contribution in [0, 0.1) is 0 Å². The zero-order chi connectivity index (χ0) is 22.3. The van der Waals surface area contributed by atoms with Gasteiger partial charge in [-0.2, -0.15) is 0 Å². The molecule has 1 atom stereocenters. The van der Waals surface area contributed by atoms with Crippen LogP contribution in [-0.4, -0.2) is 34.9 Å². The monoisotopic (exact) mass is 453 g/mol. The maximum atomic E-state index is 13.0. The highest BCUT2D eigenvalue weighted by atomic mass is 32.2. The highest BCUT2D eigenvalue weighted by Gasteiger charge is 2.44. The lowest BCUT2D eigenvalue weighted by atomic mass is 10.1. The van der Waals surface area contributed by atoms with Crippen LogP contribution in [0.5, 0.6) is 11.5 Å². The molecule has 3 N–H and O–H groups in total. The molecule has 8 nitrogen and oxygen atoms in total. The van der Waals surface area contributed by atoms with Gasteiger partial charge in [-0.3, -0.25) is 14.9 Å². The Bertz CT molecular complexity index is 1110. The van der Waals surface area contributed by atoms with Crippen molar-refractivity contribution in [2.75, 3.05) is 11.1 Å². The smallest absolute Gasteiger partial charge is 0.322 e. The number of fused-ring (bicyclic) bond motifs is 1. The van der Waals surface area contributed by atoms with E-state index in [0.717, 1.165) is 25.7 Å². The van der Waals surface area contributed by atoms with E-state index in [1.807, 2.05) is 18.2 Å². The van der Waals surface area contributed by atoms with Gasteiger partial charge in [-0.05, 0) is 44.0 Å². The second-order valence-electron chi connectivity index (χ2n) is 8.46. The average Bonchev–Trinajstić information content (AvgIpc) is 3.44. The van der Waals surface area contributed by atoms with Gasteiger partial charge in [0.25, 0.3) is 17.6 Å². The molecule has 9 heteroatoms. The molecule has 4 amide bonds. The molecule has 2 aromatic rings. The number of hydrogen-bond donors (Lipinski definition) is 3. The van der Waals surface area contributed by atoms with Crippen LogP contribution in [0.2, 0.25) is 0 Å². The number of amides is 4. The van der Waals surface area contributed by atoms with Crippen molar-refractivity contribution >= 4 is 35.3 Å². The van der Waals surface area contributed by atoms with Gasteiger partial charge in [-0.25, -0.2) is 4.79 Å². The van der Waals surface area contributed by atoms with Crippen molar-refractivity contribution in [1.29, 1.82) is 0 Å². The lowest BCUT2D eigenvalue weighted by molar-refractivity contribution is -0.122. The molecule has 3 aliphatic rings. The van der Waals surface area contributed by atoms with Crippen molar-refractivity contribution in [2.24, 2.45) is 0 Å². The molecule has 1 aliphatic carbocycles. The van der Waals surface area contributed by atoms with Crippen molar-refractivity contribution < 1.29 is 23.9 Å². The van der Waals surface area contributed by atoms with E-state index in [2.05, 4.69) is 16.0 Å². The summed E-state index contributed by atoms with van der Waals surface area (Å²) in [5.41, 5.74) is 0.0659. The fraction of sp³-hybridized carbons (Fsp3) is 0.348. The van der Waals surface area contributed by atoms with E-state index in [4.69, 9.17) is 9.47 Å². The van der Waals surface area contributed by atoms with E-state index in [1.54, 1.807) is 31.2 Å². The number of anilines is 1. The van der Waals surface area contributed by atoms with Crippen LogP contribution in [-0.2, 0) is 4.79 Å². The third kappa shape index (κ3) is 3.77. The molecule has 1 spiro atoms. The zero-order valence-corrected chi connectivity index (χ0v) is 18.3. The third-order valence-electron chi connectivity index (χ3n) is 5.92. The average molecular weight is 454 g/mol. The number of hydrogen-bond acceptors (Lipinski definition) is 6. The fourth-order valence-corrected chi connectivity index (χ4v) is 5.31. The van der Waals surface area contributed by atoms with Crippen molar-refractivity contribution in [3.63, 3.8) is 0 Å². The number of thioether (sulfide) groups is 1. The molecule has 2 aromatic carbocycles. The summed E-state index contributed by atoms with van der Waals surface area (Å²) in [5, 5.41) is 7.81. The summed E-state index contributed by atoms with van der Waals surface area (Å²) in [6, 6.07) is 12.1. The minimum absolute atomic E-state index is 0.271. The molecule has 5 rings (SSSR count). The van der Waals surface area contributed by atoms with Crippen LogP contribution in [0.25, 0.3) is 0 Å². The first-order valence-corrected chi connectivity index (χ1v) is 11.5. The number of rotatable bonds is 5. The maximum absolute atomic E-state index is 13.0. The molecule has 2 fully saturated rings. The number of benzene rings is 2. The van der Waals surface area contributed by atoms with Gasteiger partial charge in [0, 0.05) is 35.2 Å². The fourth-order valence-electron chi connectivity index (χ4n) is 4.17. The van der Waals surface area contributed by atoms with E-state index in [-0.39, 0.29) is 11.8 Å². The Morgan fingerprint density at radius 2 is 1.84 bits per heavy atom. The highest BCUT2D eigenvalue weighted by Crippen LogP contribution is 2.47. The number of imide groups is 1. The van der Waals surface area contributed by atoms with Gasteiger partial charge < -0.3 is 20.1 Å². The summed E-state index contributed by atoms with van der Waals surface area (Å²) in [6.45, 7) is 1.66. The number of nitrogens with one attached hydrogen (secondary N) is 3. The summed E-state index contributed by atoms with van der Waals surface area (Å²) in [6.07, 6.45) is 3.89. The molecule has 166 valence electrons. The quantitative estimate of drug-likeness (QED) is 0.471. The predicted molar refractivity (Wildman–Crippen MR) is 119 cm³/mol. The Labute approximate surface area is 189 Å². The molecule has 1 saturated carbocycles. The van der Waals surface area contributed by atoms with Crippen LogP contribution in [0.15, 0.2) is 47.4 Å². The highest BCUT2D eigenvalue weighted by molar-refractivity contribution is 7.99. The summed E-state index contributed by atoms with van der Waals surface area (Å²) >= 11 is 1.34. The van der Waals surface area contributed by atoms with Gasteiger partial charge in [0.05, 0.1) is 5.56 Å². The first-order chi connectivity index (χ1) is 15.4.